The first-order valence-electron chi connectivity index (χ1n) is 11.1. The molecule has 0 radical (unpaired) electrons. The van der Waals surface area contributed by atoms with Gasteiger partial charge in [0.05, 0.1) is 17.6 Å². The van der Waals surface area contributed by atoms with E-state index < -0.39 is 0 Å². The summed E-state index contributed by atoms with van der Waals surface area (Å²) in [6, 6.07) is 12.6. The van der Waals surface area contributed by atoms with Crippen molar-refractivity contribution in [3.05, 3.63) is 51.2 Å². The van der Waals surface area contributed by atoms with Gasteiger partial charge >= 0.3 is 0 Å². The van der Waals surface area contributed by atoms with Gasteiger partial charge in [-0.1, -0.05) is 11.6 Å². The van der Waals surface area contributed by atoms with Crippen molar-refractivity contribution in [3.63, 3.8) is 0 Å². The Morgan fingerprint density at radius 3 is 2.48 bits per heavy atom. The number of halogens is 1. The third-order valence-electron chi connectivity index (χ3n) is 6.00. The average Bonchev–Trinajstić information content (AvgIpc) is 3.24. The number of carbonyl (C=O) groups excluding carboxylic acids is 1. The summed E-state index contributed by atoms with van der Waals surface area (Å²) in [7, 11) is 0. The van der Waals surface area contributed by atoms with Crippen LogP contribution >= 0.6 is 22.9 Å². The number of benzene rings is 1. The van der Waals surface area contributed by atoms with Gasteiger partial charge in [0.15, 0.2) is 0 Å². The molecule has 8 heteroatoms. The van der Waals surface area contributed by atoms with Crippen LogP contribution in [-0.4, -0.2) is 69.3 Å². The molecule has 4 rings (SSSR count). The molecule has 1 amide bonds. The molecular formula is C23H31ClN4O2S. The van der Waals surface area contributed by atoms with Crippen molar-refractivity contribution >= 4 is 34.5 Å². The van der Waals surface area contributed by atoms with E-state index in [4.69, 9.17) is 16.3 Å². The van der Waals surface area contributed by atoms with E-state index in [-0.39, 0.29) is 5.91 Å². The van der Waals surface area contributed by atoms with Crippen LogP contribution in [0.25, 0.3) is 0 Å². The van der Waals surface area contributed by atoms with Crippen LogP contribution in [0.4, 0.5) is 5.69 Å². The Balaban J connectivity index is 1.18. The van der Waals surface area contributed by atoms with Gasteiger partial charge in [-0.05, 0) is 49.2 Å². The van der Waals surface area contributed by atoms with Crippen LogP contribution in [0, 0.1) is 0 Å². The van der Waals surface area contributed by atoms with Gasteiger partial charge in [-0.25, -0.2) is 0 Å². The monoisotopic (exact) mass is 462 g/mol. The number of nitrogens with zero attached hydrogens (tertiary/aromatic N) is 2. The number of hydrogen-bond donors (Lipinski definition) is 2. The van der Waals surface area contributed by atoms with Crippen molar-refractivity contribution in [1.82, 2.24) is 15.5 Å². The smallest absolute Gasteiger partial charge is 0.251 e. The lowest BCUT2D eigenvalue weighted by atomic mass is 10.0. The minimum absolute atomic E-state index is 0.00334. The van der Waals surface area contributed by atoms with Gasteiger partial charge in [0.1, 0.15) is 0 Å². The van der Waals surface area contributed by atoms with Gasteiger partial charge in [-0.3, -0.25) is 9.69 Å². The van der Waals surface area contributed by atoms with Crippen LogP contribution in [0.15, 0.2) is 36.4 Å². The lowest BCUT2D eigenvalue weighted by Crippen LogP contribution is -2.42. The number of anilines is 1. The highest BCUT2D eigenvalue weighted by Crippen LogP contribution is 2.23. The summed E-state index contributed by atoms with van der Waals surface area (Å²) < 4.78 is 6.20. The van der Waals surface area contributed by atoms with Crippen molar-refractivity contribution in [2.75, 3.05) is 57.4 Å². The summed E-state index contributed by atoms with van der Waals surface area (Å²) in [4.78, 5) is 18.4. The van der Waals surface area contributed by atoms with Gasteiger partial charge < -0.3 is 20.3 Å². The quantitative estimate of drug-likeness (QED) is 0.630. The Kier molecular flexibility index (Phi) is 8.21. The predicted octanol–water partition coefficient (Wildman–Crippen LogP) is 3.22. The number of carbonyl (C=O) groups is 1. The van der Waals surface area contributed by atoms with Gasteiger partial charge in [0, 0.05) is 68.0 Å². The lowest BCUT2D eigenvalue weighted by molar-refractivity contribution is 0.0383. The zero-order valence-electron chi connectivity index (χ0n) is 17.8. The molecular weight excluding hydrogens is 432 g/mol. The molecule has 0 bridgehead atoms. The molecule has 1 aromatic heterocycles. The molecule has 1 aromatic carbocycles. The van der Waals surface area contributed by atoms with Crippen LogP contribution in [0.5, 0.6) is 0 Å². The maximum atomic E-state index is 12.4. The normalized spacial score (nSPS) is 18.3. The lowest BCUT2D eigenvalue weighted by Gasteiger charge is -2.34. The van der Waals surface area contributed by atoms with E-state index in [0.717, 1.165) is 75.2 Å². The van der Waals surface area contributed by atoms with E-state index in [1.807, 2.05) is 18.2 Å². The number of thiophene rings is 1. The second-order valence-corrected chi connectivity index (χ2v) is 9.90. The Hall–Kier alpha value is -1.64. The van der Waals surface area contributed by atoms with Crippen LogP contribution < -0.4 is 15.5 Å². The second-order valence-electron chi connectivity index (χ2n) is 8.10. The van der Waals surface area contributed by atoms with Gasteiger partial charge in [0.25, 0.3) is 5.91 Å². The van der Waals surface area contributed by atoms with E-state index in [1.54, 1.807) is 11.3 Å². The highest BCUT2D eigenvalue weighted by atomic mass is 35.5. The minimum atomic E-state index is -0.00334. The maximum Gasteiger partial charge on any atom is 0.251 e. The molecule has 6 nitrogen and oxygen atoms in total. The first-order chi connectivity index (χ1) is 15.2. The van der Waals surface area contributed by atoms with E-state index >= 15 is 0 Å². The molecule has 0 saturated carbocycles. The topological polar surface area (TPSA) is 56.8 Å². The number of piperidine rings is 1. The summed E-state index contributed by atoms with van der Waals surface area (Å²) >= 11 is 7.65. The fourth-order valence-corrected chi connectivity index (χ4v) is 5.15. The van der Waals surface area contributed by atoms with Crippen molar-refractivity contribution < 1.29 is 9.53 Å². The zero-order chi connectivity index (χ0) is 21.5. The summed E-state index contributed by atoms with van der Waals surface area (Å²) in [6.07, 6.45) is 2.23. The van der Waals surface area contributed by atoms with Crippen molar-refractivity contribution in [3.8, 4) is 0 Å². The van der Waals surface area contributed by atoms with E-state index in [9.17, 15) is 4.79 Å². The Labute approximate surface area is 193 Å². The minimum Gasteiger partial charge on any atom is -0.379 e. The summed E-state index contributed by atoms with van der Waals surface area (Å²) in [6.45, 7) is 7.92. The number of ether oxygens (including phenoxy) is 1. The standard InChI is InChI=1S/C23H31ClN4O2S/c24-22-6-5-21(31-22)17-26-19-7-10-28(11-8-19)20-3-1-18(2-4-20)23(29)25-9-12-27-13-15-30-16-14-27/h1-6,19,26H,7-17H2,(H,25,29). The first-order valence-corrected chi connectivity index (χ1v) is 12.3. The van der Waals surface area contributed by atoms with Crippen molar-refractivity contribution in [2.45, 2.75) is 25.4 Å². The molecule has 3 heterocycles. The molecule has 2 fully saturated rings. The summed E-state index contributed by atoms with van der Waals surface area (Å²) in [5.74, 6) is -0.00334. The predicted molar refractivity (Wildman–Crippen MR) is 127 cm³/mol. The SMILES string of the molecule is O=C(NCCN1CCOCC1)c1ccc(N2CCC(NCc3ccc(Cl)s3)CC2)cc1. The third kappa shape index (κ3) is 6.67. The molecule has 31 heavy (non-hydrogen) atoms. The molecule has 2 aromatic rings. The van der Waals surface area contributed by atoms with Crippen LogP contribution in [0.3, 0.4) is 0 Å². The second kappa shape index (κ2) is 11.3. The third-order valence-corrected chi connectivity index (χ3v) is 7.23. The molecule has 168 valence electrons. The Morgan fingerprint density at radius 1 is 1.06 bits per heavy atom. The number of rotatable bonds is 8. The van der Waals surface area contributed by atoms with Gasteiger partial charge in [-0.2, -0.15) is 0 Å². The molecule has 0 aliphatic carbocycles. The number of morpholine rings is 1. The zero-order valence-corrected chi connectivity index (χ0v) is 19.4. The van der Waals surface area contributed by atoms with E-state index in [0.29, 0.717) is 12.6 Å². The fraction of sp³-hybridized carbons (Fsp3) is 0.522. The Bertz CT molecular complexity index is 830. The summed E-state index contributed by atoms with van der Waals surface area (Å²) in [5.41, 5.74) is 1.91. The van der Waals surface area contributed by atoms with Crippen LogP contribution in [-0.2, 0) is 11.3 Å². The summed E-state index contributed by atoms with van der Waals surface area (Å²) in [5, 5.41) is 6.68. The van der Waals surface area contributed by atoms with Crippen LogP contribution in [0.1, 0.15) is 28.1 Å². The van der Waals surface area contributed by atoms with Crippen molar-refractivity contribution in [1.29, 1.82) is 0 Å². The van der Waals surface area contributed by atoms with Gasteiger partial charge in [-0.15, -0.1) is 11.3 Å². The number of amides is 1. The molecule has 2 saturated heterocycles. The fourth-order valence-electron chi connectivity index (χ4n) is 4.11. The highest BCUT2D eigenvalue weighted by molar-refractivity contribution is 7.16. The maximum absolute atomic E-state index is 12.4. The molecule has 0 spiro atoms. The van der Waals surface area contributed by atoms with E-state index in [2.05, 4.69) is 38.6 Å². The highest BCUT2D eigenvalue weighted by Gasteiger charge is 2.19. The molecule has 2 aliphatic heterocycles. The molecule has 0 unspecified atom stereocenters. The van der Waals surface area contributed by atoms with Crippen LogP contribution in [0.2, 0.25) is 4.34 Å². The van der Waals surface area contributed by atoms with Gasteiger partial charge in [0.2, 0.25) is 0 Å². The number of nitrogens with one attached hydrogen (secondary N) is 2. The first kappa shape index (κ1) is 22.6. The molecule has 2 N–H and O–H groups in total. The largest absolute Gasteiger partial charge is 0.379 e. The molecule has 2 aliphatic rings. The Morgan fingerprint density at radius 2 is 1.81 bits per heavy atom. The molecule has 0 atom stereocenters. The van der Waals surface area contributed by atoms with E-state index in [1.165, 1.54) is 10.6 Å². The van der Waals surface area contributed by atoms with Crippen molar-refractivity contribution in [2.24, 2.45) is 0 Å². The average molecular weight is 463 g/mol. The number of hydrogen-bond acceptors (Lipinski definition) is 6.